The van der Waals surface area contributed by atoms with Gasteiger partial charge in [-0.15, -0.1) is 0 Å². The summed E-state index contributed by atoms with van der Waals surface area (Å²) in [7, 11) is 1.61. The van der Waals surface area contributed by atoms with Crippen molar-refractivity contribution in [3.05, 3.63) is 23.8 Å². The zero-order valence-corrected chi connectivity index (χ0v) is 12.5. The third-order valence-corrected chi connectivity index (χ3v) is 3.35. The maximum absolute atomic E-state index is 11.0. The first-order valence-corrected chi connectivity index (χ1v) is 7.11. The number of carbonyl (C=O) groups is 1. The summed E-state index contributed by atoms with van der Waals surface area (Å²) in [5, 5.41) is 9.88. The van der Waals surface area contributed by atoms with Gasteiger partial charge in [-0.25, -0.2) is 0 Å². The number of aromatic hydroxyl groups is 1. The second-order valence-electron chi connectivity index (χ2n) is 4.90. The Morgan fingerprint density at radius 1 is 1.35 bits per heavy atom. The van der Waals surface area contributed by atoms with Crippen molar-refractivity contribution in [2.24, 2.45) is 0 Å². The molecule has 0 aromatic heterocycles. The largest absolute Gasteiger partial charge is 0.508 e. The Bertz CT molecular complexity index is 428. The van der Waals surface area contributed by atoms with Crippen LogP contribution in [0.3, 0.4) is 0 Å². The fourth-order valence-electron chi connectivity index (χ4n) is 2.05. The van der Waals surface area contributed by atoms with E-state index in [0.29, 0.717) is 18.8 Å². The Morgan fingerprint density at radius 2 is 2.10 bits per heavy atom. The van der Waals surface area contributed by atoms with Gasteiger partial charge >= 0.3 is 5.97 Å². The second-order valence-corrected chi connectivity index (χ2v) is 4.90. The minimum Gasteiger partial charge on any atom is -0.508 e. The number of carbonyl (C=O) groups excluding carboxylic acids is 1. The topological polar surface area (TPSA) is 55.8 Å². The van der Waals surface area contributed by atoms with Gasteiger partial charge < -0.3 is 14.6 Å². The molecule has 0 amide bonds. The molecule has 1 rings (SSSR count). The molecule has 20 heavy (non-hydrogen) atoms. The molecular weight excluding hydrogens is 256 g/mol. The highest BCUT2D eigenvalue weighted by Gasteiger charge is 2.11. The maximum atomic E-state index is 11.0. The van der Waals surface area contributed by atoms with Gasteiger partial charge in [0.25, 0.3) is 0 Å². The Labute approximate surface area is 120 Å². The minimum absolute atomic E-state index is 0.150. The van der Waals surface area contributed by atoms with E-state index in [9.17, 15) is 9.90 Å². The number of hydrogen-bond acceptors (Lipinski definition) is 4. The van der Waals surface area contributed by atoms with Crippen LogP contribution in [-0.2, 0) is 9.53 Å². The van der Waals surface area contributed by atoms with Crippen molar-refractivity contribution < 1.29 is 19.4 Å². The number of rotatable bonds is 8. The zero-order valence-electron chi connectivity index (χ0n) is 12.5. The van der Waals surface area contributed by atoms with Gasteiger partial charge in [0.1, 0.15) is 11.5 Å². The number of methoxy groups -OCH3 is 1. The Morgan fingerprint density at radius 3 is 2.75 bits per heavy atom. The third-order valence-electron chi connectivity index (χ3n) is 3.35. The molecule has 0 radical (unpaired) electrons. The van der Waals surface area contributed by atoms with Crippen LogP contribution in [0.5, 0.6) is 11.5 Å². The maximum Gasteiger partial charge on any atom is 0.305 e. The van der Waals surface area contributed by atoms with Crippen molar-refractivity contribution in [2.45, 2.75) is 45.4 Å². The van der Waals surface area contributed by atoms with Gasteiger partial charge in [-0.3, -0.25) is 4.79 Å². The van der Waals surface area contributed by atoms with Crippen LogP contribution in [0.2, 0.25) is 0 Å². The van der Waals surface area contributed by atoms with Gasteiger partial charge in [-0.05, 0) is 43.4 Å². The van der Waals surface area contributed by atoms with Crippen LogP contribution in [0.4, 0.5) is 0 Å². The first-order valence-electron chi connectivity index (χ1n) is 7.11. The standard InChI is InChI=1S/C16H24O4/c1-4-16(18)20-10-6-5-7-12(2)14-11-13(19-3)8-9-15(14)17/h8-9,11-12,17H,4-7,10H2,1-3H3. The second kappa shape index (κ2) is 8.46. The number of phenolic OH excluding ortho intramolecular Hbond substituents is 1. The highest BCUT2D eigenvalue weighted by atomic mass is 16.5. The third kappa shape index (κ3) is 5.11. The highest BCUT2D eigenvalue weighted by molar-refractivity contribution is 5.68. The normalized spacial score (nSPS) is 11.9. The summed E-state index contributed by atoms with van der Waals surface area (Å²) < 4.78 is 10.2. The molecule has 0 spiro atoms. The molecule has 0 fully saturated rings. The molecule has 112 valence electrons. The molecule has 0 saturated carbocycles. The smallest absolute Gasteiger partial charge is 0.305 e. The lowest BCUT2D eigenvalue weighted by Crippen LogP contribution is -2.04. The number of benzene rings is 1. The summed E-state index contributed by atoms with van der Waals surface area (Å²) in [5.74, 6) is 1.15. The van der Waals surface area contributed by atoms with E-state index in [-0.39, 0.29) is 11.9 Å². The number of phenols is 1. The summed E-state index contributed by atoms with van der Waals surface area (Å²) in [6.45, 7) is 4.34. The minimum atomic E-state index is -0.150. The van der Waals surface area contributed by atoms with E-state index in [1.54, 1.807) is 26.2 Å². The molecule has 1 aromatic rings. The number of unbranched alkanes of at least 4 members (excludes halogenated alkanes) is 1. The van der Waals surface area contributed by atoms with Crippen molar-refractivity contribution in [3.8, 4) is 11.5 Å². The number of hydrogen-bond donors (Lipinski definition) is 1. The van der Waals surface area contributed by atoms with Crippen molar-refractivity contribution in [3.63, 3.8) is 0 Å². The average molecular weight is 280 g/mol. The van der Waals surface area contributed by atoms with Gasteiger partial charge in [-0.2, -0.15) is 0 Å². The summed E-state index contributed by atoms with van der Waals surface area (Å²) in [6, 6.07) is 5.28. The molecule has 0 aliphatic heterocycles. The van der Waals surface area contributed by atoms with E-state index >= 15 is 0 Å². The van der Waals surface area contributed by atoms with Gasteiger partial charge in [0.2, 0.25) is 0 Å². The average Bonchev–Trinajstić information content (AvgIpc) is 2.46. The lowest BCUT2D eigenvalue weighted by atomic mass is 9.94. The summed E-state index contributed by atoms with van der Waals surface area (Å²) in [5.41, 5.74) is 0.898. The van der Waals surface area contributed by atoms with E-state index in [1.165, 1.54) is 0 Å². The molecule has 4 heteroatoms. The molecule has 0 bridgehead atoms. The lowest BCUT2D eigenvalue weighted by molar-refractivity contribution is -0.143. The van der Waals surface area contributed by atoms with E-state index in [4.69, 9.17) is 9.47 Å². The predicted octanol–water partition coefficient (Wildman–Crippen LogP) is 3.63. The summed E-state index contributed by atoms with van der Waals surface area (Å²) in [6.07, 6.45) is 3.16. The summed E-state index contributed by atoms with van der Waals surface area (Å²) >= 11 is 0. The van der Waals surface area contributed by atoms with E-state index in [1.807, 2.05) is 6.07 Å². The van der Waals surface area contributed by atoms with Crippen molar-refractivity contribution in [1.29, 1.82) is 0 Å². The van der Waals surface area contributed by atoms with Crippen LogP contribution in [-0.4, -0.2) is 24.8 Å². The van der Waals surface area contributed by atoms with Gasteiger partial charge in [-0.1, -0.05) is 13.8 Å². The van der Waals surface area contributed by atoms with E-state index in [0.717, 1.165) is 30.6 Å². The Hall–Kier alpha value is -1.71. The van der Waals surface area contributed by atoms with Crippen LogP contribution < -0.4 is 4.74 Å². The number of esters is 1. The predicted molar refractivity (Wildman–Crippen MR) is 78.2 cm³/mol. The Kier molecular flexibility index (Phi) is 6.91. The molecule has 0 aliphatic rings. The fourth-order valence-corrected chi connectivity index (χ4v) is 2.05. The van der Waals surface area contributed by atoms with Gasteiger partial charge in [0.15, 0.2) is 0 Å². The van der Waals surface area contributed by atoms with Crippen LogP contribution in [0.15, 0.2) is 18.2 Å². The van der Waals surface area contributed by atoms with Gasteiger partial charge in [0.05, 0.1) is 13.7 Å². The molecule has 1 atom stereocenters. The molecule has 0 saturated heterocycles. The van der Waals surface area contributed by atoms with Crippen molar-refractivity contribution >= 4 is 5.97 Å². The fraction of sp³-hybridized carbons (Fsp3) is 0.562. The molecule has 1 aromatic carbocycles. The van der Waals surface area contributed by atoms with Crippen LogP contribution in [0, 0.1) is 0 Å². The quantitative estimate of drug-likeness (QED) is 0.583. The number of ether oxygens (including phenoxy) is 2. The first kappa shape index (κ1) is 16.3. The summed E-state index contributed by atoms with van der Waals surface area (Å²) in [4.78, 5) is 11.0. The zero-order chi connectivity index (χ0) is 15.0. The SMILES string of the molecule is CCC(=O)OCCCCC(C)c1cc(OC)ccc1O. The molecule has 1 N–H and O–H groups in total. The first-order chi connectivity index (χ1) is 9.58. The molecule has 1 unspecified atom stereocenters. The van der Waals surface area contributed by atoms with E-state index < -0.39 is 0 Å². The van der Waals surface area contributed by atoms with E-state index in [2.05, 4.69) is 6.92 Å². The van der Waals surface area contributed by atoms with Crippen molar-refractivity contribution in [2.75, 3.05) is 13.7 Å². The highest BCUT2D eigenvalue weighted by Crippen LogP contribution is 2.32. The molecular formula is C16H24O4. The lowest BCUT2D eigenvalue weighted by Gasteiger charge is -2.14. The van der Waals surface area contributed by atoms with Crippen LogP contribution in [0.1, 0.15) is 51.0 Å². The Balaban J connectivity index is 2.39. The van der Waals surface area contributed by atoms with Crippen LogP contribution in [0.25, 0.3) is 0 Å². The van der Waals surface area contributed by atoms with Crippen LogP contribution >= 0.6 is 0 Å². The molecule has 4 nitrogen and oxygen atoms in total. The van der Waals surface area contributed by atoms with Crippen molar-refractivity contribution in [1.82, 2.24) is 0 Å². The molecule has 0 heterocycles. The molecule has 0 aliphatic carbocycles. The van der Waals surface area contributed by atoms with Gasteiger partial charge in [0, 0.05) is 12.0 Å². The monoisotopic (exact) mass is 280 g/mol.